The molecule has 0 unspecified atom stereocenters. The smallest absolute Gasteiger partial charge is 0.224 e. The minimum Gasteiger partial charge on any atom is -0.330 e. The van der Waals surface area contributed by atoms with Crippen LogP contribution in [0.4, 0.5) is 11.4 Å². The van der Waals surface area contributed by atoms with Crippen molar-refractivity contribution in [2.75, 3.05) is 17.2 Å². The monoisotopic (exact) mass is 345 g/mol. The summed E-state index contributed by atoms with van der Waals surface area (Å²) in [6, 6.07) is 7.26. The molecule has 1 aromatic rings. The van der Waals surface area contributed by atoms with Gasteiger partial charge in [0.05, 0.1) is 0 Å². The Balaban J connectivity index is 1.87. The van der Waals surface area contributed by atoms with Crippen molar-refractivity contribution < 1.29 is 9.59 Å². The number of benzene rings is 1. The number of carbonyl (C=O) groups is 2. The summed E-state index contributed by atoms with van der Waals surface area (Å²) in [4.78, 5) is 24.2. The lowest BCUT2D eigenvalue weighted by Gasteiger charge is -2.35. The van der Waals surface area contributed by atoms with Gasteiger partial charge in [0.25, 0.3) is 0 Å². The fourth-order valence-electron chi connectivity index (χ4n) is 3.52. The van der Waals surface area contributed by atoms with Gasteiger partial charge < -0.3 is 16.4 Å². The van der Waals surface area contributed by atoms with Gasteiger partial charge in [-0.1, -0.05) is 33.1 Å². The van der Waals surface area contributed by atoms with Crippen molar-refractivity contribution in [1.29, 1.82) is 0 Å². The first-order valence-electron chi connectivity index (χ1n) is 9.32. The van der Waals surface area contributed by atoms with Gasteiger partial charge in [-0.25, -0.2) is 0 Å². The summed E-state index contributed by atoms with van der Waals surface area (Å²) >= 11 is 0. The van der Waals surface area contributed by atoms with Crippen molar-refractivity contribution in [3.8, 4) is 0 Å². The number of rotatable bonds is 7. The van der Waals surface area contributed by atoms with Crippen molar-refractivity contribution in [2.45, 2.75) is 58.8 Å². The number of hydrogen-bond acceptors (Lipinski definition) is 3. The standard InChI is InChI=1S/C20H31N3O2/c1-15(2)12-18(24)22-16-6-8-17(9-7-16)23-19(25)13-20(14-21)10-4-3-5-11-20/h6-9,15H,3-5,10-14,21H2,1-2H3,(H,22,24)(H,23,25). The van der Waals surface area contributed by atoms with E-state index >= 15 is 0 Å². The molecule has 138 valence electrons. The Morgan fingerprint density at radius 2 is 1.52 bits per heavy atom. The number of amides is 2. The Hall–Kier alpha value is -1.88. The molecule has 2 rings (SSSR count). The number of nitrogens with one attached hydrogen (secondary N) is 2. The Morgan fingerprint density at radius 3 is 2.00 bits per heavy atom. The molecule has 0 aliphatic heterocycles. The molecular weight excluding hydrogens is 314 g/mol. The second kappa shape index (κ2) is 8.99. The molecule has 1 aliphatic carbocycles. The highest BCUT2D eigenvalue weighted by atomic mass is 16.2. The van der Waals surface area contributed by atoms with E-state index in [4.69, 9.17) is 5.73 Å². The lowest BCUT2D eigenvalue weighted by atomic mass is 9.71. The molecule has 1 aromatic carbocycles. The molecule has 0 atom stereocenters. The highest BCUT2D eigenvalue weighted by molar-refractivity contribution is 5.93. The van der Waals surface area contributed by atoms with E-state index in [9.17, 15) is 9.59 Å². The minimum absolute atomic E-state index is 0.00831. The number of nitrogens with two attached hydrogens (primary N) is 1. The number of hydrogen-bond donors (Lipinski definition) is 3. The van der Waals surface area contributed by atoms with Crippen LogP contribution in [0.5, 0.6) is 0 Å². The Labute approximate surface area is 150 Å². The summed E-state index contributed by atoms with van der Waals surface area (Å²) in [6.45, 7) is 4.60. The van der Waals surface area contributed by atoms with Crippen LogP contribution in [0.2, 0.25) is 0 Å². The molecule has 2 amide bonds. The first-order chi connectivity index (χ1) is 11.9. The van der Waals surface area contributed by atoms with E-state index < -0.39 is 0 Å². The van der Waals surface area contributed by atoms with Gasteiger partial charge in [-0.05, 0) is 55.0 Å². The molecule has 0 spiro atoms. The molecule has 1 fully saturated rings. The first-order valence-corrected chi connectivity index (χ1v) is 9.32. The molecule has 1 saturated carbocycles. The zero-order chi connectivity index (χ0) is 18.3. The van der Waals surface area contributed by atoms with Crippen molar-refractivity contribution in [3.05, 3.63) is 24.3 Å². The van der Waals surface area contributed by atoms with Crippen molar-refractivity contribution >= 4 is 23.2 Å². The summed E-state index contributed by atoms with van der Waals surface area (Å²) in [5.74, 6) is 0.353. The van der Waals surface area contributed by atoms with Crippen LogP contribution in [0.3, 0.4) is 0 Å². The minimum atomic E-state index is -0.0346. The predicted octanol–water partition coefficient (Wildman–Crippen LogP) is 3.91. The van der Waals surface area contributed by atoms with Crippen molar-refractivity contribution in [2.24, 2.45) is 17.1 Å². The van der Waals surface area contributed by atoms with E-state index in [2.05, 4.69) is 10.6 Å². The maximum atomic E-state index is 12.4. The van der Waals surface area contributed by atoms with Crippen LogP contribution in [-0.4, -0.2) is 18.4 Å². The molecule has 0 heterocycles. The molecular formula is C20H31N3O2. The van der Waals surface area contributed by atoms with Crippen LogP contribution in [0.15, 0.2) is 24.3 Å². The average Bonchev–Trinajstić information content (AvgIpc) is 2.56. The molecule has 25 heavy (non-hydrogen) atoms. The summed E-state index contributed by atoms with van der Waals surface area (Å²) < 4.78 is 0. The van der Waals surface area contributed by atoms with Gasteiger partial charge in [0.2, 0.25) is 11.8 Å². The Morgan fingerprint density at radius 1 is 1.00 bits per heavy atom. The first kappa shape index (κ1) is 19.4. The lowest BCUT2D eigenvalue weighted by molar-refractivity contribution is -0.119. The third-order valence-electron chi connectivity index (χ3n) is 4.93. The SMILES string of the molecule is CC(C)CC(=O)Nc1ccc(NC(=O)CC2(CN)CCCCC2)cc1. The number of anilines is 2. The van der Waals surface area contributed by atoms with Gasteiger partial charge in [-0.15, -0.1) is 0 Å². The molecule has 0 saturated heterocycles. The van der Waals surface area contributed by atoms with E-state index in [0.717, 1.165) is 37.1 Å². The quantitative estimate of drug-likeness (QED) is 0.700. The molecule has 4 N–H and O–H groups in total. The molecule has 5 heteroatoms. The summed E-state index contributed by atoms with van der Waals surface area (Å²) in [5.41, 5.74) is 7.42. The Bertz CT molecular complexity index is 575. The van der Waals surface area contributed by atoms with E-state index in [0.29, 0.717) is 25.3 Å². The maximum Gasteiger partial charge on any atom is 0.224 e. The topological polar surface area (TPSA) is 84.2 Å². The van der Waals surface area contributed by atoms with Gasteiger partial charge in [-0.3, -0.25) is 9.59 Å². The predicted molar refractivity (Wildman–Crippen MR) is 102 cm³/mol. The molecule has 0 radical (unpaired) electrons. The second-order valence-corrected chi connectivity index (χ2v) is 7.71. The third kappa shape index (κ3) is 6.16. The summed E-state index contributed by atoms with van der Waals surface area (Å²) in [7, 11) is 0. The summed E-state index contributed by atoms with van der Waals surface area (Å²) in [6.07, 6.45) is 6.63. The zero-order valence-corrected chi connectivity index (χ0v) is 15.4. The zero-order valence-electron chi connectivity index (χ0n) is 15.4. The van der Waals surface area contributed by atoms with Crippen LogP contribution >= 0.6 is 0 Å². The fraction of sp³-hybridized carbons (Fsp3) is 0.600. The Kier molecular flexibility index (Phi) is 7.00. The summed E-state index contributed by atoms with van der Waals surface area (Å²) in [5, 5.41) is 5.82. The molecule has 0 bridgehead atoms. The molecule has 1 aliphatic rings. The van der Waals surface area contributed by atoms with Gasteiger partial charge in [0.1, 0.15) is 0 Å². The van der Waals surface area contributed by atoms with E-state index in [1.165, 1.54) is 6.42 Å². The van der Waals surface area contributed by atoms with Gasteiger partial charge in [-0.2, -0.15) is 0 Å². The van der Waals surface area contributed by atoms with Crippen LogP contribution in [0, 0.1) is 11.3 Å². The van der Waals surface area contributed by atoms with Crippen LogP contribution < -0.4 is 16.4 Å². The van der Waals surface area contributed by atoms with E-state index in [-0.39, 0.29) is 17.2 Å². The second-order valence-electron chi connectivity index (χ2n) is 7.71. The van der Waals surface area contributed by atoms with E-state index in [1.807, 2.05) is 38.1 Å². The lowest BCUT2D eigenvalue weighted by Crippen LogP contribution is -2.36. The fourth-order valence-corrected chi connectivity index (χ4v) is 3.52. The molecule has 5 nitrogen and oxygen atoms in total. The highest BCUT2D eigenvalue weighted by Gasteiger charge is 2.32. The van der Waals surface area contributed by atoms with Crippen LogP contribution in [0.1, 0.15) is 58.8 Å². The van der Waals surface area contributed by atoms with Gasteiger partial charge in [0.15, 0.2) is 0 Å². The average molecular weight is 345 g/mol. The highest BCUT2D eigenvalue weighted by Crippen LogP contribution is 2.38. The van der Waals surface area contributed by atoms with Crippen molar-refractivity contribution in [3.63, 3.8) is 0 Å². The van der Waals surface area contributed by atoms with Crippen molar-refractivity contribution in [1.82, 2.24) is 0 Å². The third-order valence-corrected chi connectivity index (χ3v) is 4.93. The maximum absolute atomic E-state index is 12.4. The normalized spacial score (nSPS) is 16.5. The largest absolute Gasteiger partial charge is 0.330 e. The number of carbonyl (C=O) groups excluding carboxylic acids is 2. The van der Waals surface area contributed by atoms with Crippen LogP contribution in [0.25, 0.3) is 0 Å². The molecule has 0 aromatic heterocycles. The van der Waals surface area contributed by atoms with E-state index in [1.54, 1.807) is 0 Å². The van der Waals surface area contributed by atoms with Crippen LogP contribution in [-0.2, 0) is 9.59 Å². The van der Waals surface area contributed by atoms with Gasteiger partial charge >= 0.3 is 0 Å². The van der Waals surface area contributed by atoms with Gasteiger partial charge in [0, 0.05) is 24.2 Å².